The van der Waals surface area contributed by atoms with Gasteiger partial charge < -0.3 is 18.9 Å². The van der Waals surface area contributed by atoms with E-state index in [-0.39, 0.29) is 49.1 Å². The van der Waals surface area contributed by atoms with Gasteiger partial charge in [-0.25, -0.2) is 0 Å². The molecule has 0 radical (unpaired) electrons. The molecule has 2 aliphatic carbocycles. The number of esters is 4. The average molecular weight is 535 g/mol. The maximum atomic E-state index is 12.4. The van der Waals surface area contributed by atoms with E-state index in [1.54, 1.807) is 0 Å². The molecule has 2 aliphatic rings. The third-order valence-corrected chi connectivity index (χ3v) is 9.05. The minimum Gasteiger partial charge on any atom is -0.469 e. The minimum absolute atomic E-state index is 0.0129. The van der Waals surface area contributed by atoms with E-state index in [1.807, 2.05) is 6.08 Å². The Labute approximate surface area is 227 Å². The van der Waals surface area contributed by atoms with Gasteiger partial charge in [-0.2, -0.15) is 0 Å². The lowest BCUT2D eigenvalue weighted by Gasteiger charge is -2.59. The van der Waals surface area contributed by atoms with Crippen LogP contribution in [0.1, 0.15) is 91.9 Å². The van der Waals surface area contributed by atoms with Gasteiger partial charge in [-0.1, -0.05) is 31.1 Å². The van der Waals surface area contributed by atoms with E-state index in [0.29, 0.717) is 18.4 Å². The summed E-state index contributed by atoms with van der Waals surface area (Å²) >= 11 is 0. The Morgan fingerprint density at radius 1 is 0.921 bits per heavy atom. The van der Waals surface area contributed by atoms with Gasteiger partial charge in [0.25, 0.3) is 0 Å². The van der Waals surface area contributed by atoms with Crippen molar-refractivity contribution in [3.8, 4) is 0 Å². The molecule has 8 nitrogen and oxygen atoms in total. The molecule has 0 saturated heterocycles. The van der Waals surface area contributed by atoms with Crippen LogP contribution in [0.3, 0.4) is 0 Å². The Bertz CT molecular complexity index is 919. The van der Waals surface area contributed by atoms with Gasteiger partial charge in [-0.05, 0) is 75.7 Å². The summed E-state index contributed by atoms with van der Waals surface area (Å²) in [5.74, 6) is -0.718. The summed E-state index contributed by atoms with van der Waals surface area (Å²) in [6.07, 6.45) is 10.3. The lowest BCUT2D eigenvalue weighted by Crippen LogP contribution is -2.53. The van der Waals surface area contributed by atoms with E-state index >= 15 is 0 Å². The molecule has 0 heterocycles. The molecule has 0 aliphatic heterocycles. The van der Waals surface area contributed by atoms with Crippen molar-refractivity contribution >= 4 is 23.9 Å². The van der Waals surface area contributed by atoms with Crippen LogP contribution in [-0.2, 0) is 38.1 Å². The van der Waals surface area contributed by atoms with Crippen LogP contribution in [0.5, 0.6) is 0 Å². The second kappa shape index (κ2) is 14.5. The smallest absolute Gasteiger partial charge is 0.306 e. The van der Waals surface area contributed by atoms with Gasteiger partial charge >= 0.3 is 23.9 Å². The quantitative estimate of drug-likeness (QED) is 0.174. The van der Waals surface area contributed by atoms with Crippen molar-refractivity contribution in [1.82, 2.24) is 0 Å². The van der Waals surface area contributed by atoms with Gasteiger partial charge in [-0.15, -0.1) is 0 Å². The molecular weight excluding hydrogens is 488 g/mol. The number of ether oxygens (including phenoxy) is 4. The predicted octanol–water partition coefficient (Wildman–Crippen LogP) is 5.48. The highest BCUT2D eigenvalue weighted by molar-refractivity contribution is 5.78. The van der Waals surface area contributed by atoms with Crippen molar-refractivity contribution in [3.63, 3.8) is 0 Å². The number of methoxy groups -OCH3 is 2. The van der Waals surface area contributed by atoms with Crippen molar-refractivity contribution in [2.75, 3.05) is 27.4 Å². The second-order valence-corrected chi connectivity index (χ2v) is 11.2. The fourth-order valence-corrected chi connectivity index (χ4v) is 6.22. The van der Waals surface area contributed by atoms with E-state index in [2.05, 4.69) is 43.2 Å². The summed E-state index contributed by atoms with van der Waals surface area (Å²) in [4.78, 5) is 46.9. The topological polar surface area (TPSA) is 105 Å². The lowest BCUT2D eigenvalue weighted by atomic mass is 9.46. The molecule has 38 heavy (non-hydrogen) atoms. The molecule has 0 aromatic rings. The van der Waals surface area contributed by atoms with Crippen molar-refractivity contribution in [3.05, 3.63) is 23.3 Å². The zero-order valence-electron chi connectivity index (χ0n) is 24.1. The van der Waals surface area contributed by atoms with Crippen molar-refractivity contribution in [2.24, 2.45) is 22.7 Å². The number of rotatable bonds is 13. The standard InChI is InChI=1S/C30H46O8/c1-21(16-19-37-27(33)12-10-25(31)35-5)14-17-29(4)22(2)15-18-30(23(3)8-7-9-24(29)30)20-38-28(34)13-11-26(32)36-6/h8,16,22,24H,7,9-15,17-20H2,1-6H3. The Kier molecular flexibility index (Phi) is 12.0. The predicted molar refractivity (Wildman–Crippen MR) is 143 cm³/mol. The maximum absolute atomic E-state index is 12.4. The summed E-state index contributed by atoms with van der Waals surface area (Å²) < 4.78 is 20.2. The molecule has 214 valence electrons. The molecule has 0 bridgehead atoms. The lowest BCUT2D eigenvalue weighted by molar-refractivity contribution is -0.156. The van der Waals surface area contributed by atoms with Gasteiger partial charge in [0.1, 0.15) is 13.2 Å². The summed E-state index contributed by atoms with van der Waals surface area (Å²) in [5, 5.41) is 0. The average Bonchev–Trinajstić information content (AvgIpc) is 2.91. The monoisotopic (exact) mass is 534 g/mol. The van der Waals surface area contributed by atoms with Crippen LogP contribution < -0.4 is 0 Å². The van der Waals surface area contributed by atoms with Crippen LogP contribution in [-0.4, -0.2) is 51.3 Å². The third kappa shape index (κ3) is 8.18. The number of allylic oxidation sites excluding steroid dienone is 2. The Hall–Kier alpha value is -2.64. The highest BCUT2D eigenvalue weighted by Crippen LogP contribution is 2.62. The van der Waals surface area contributed by atoms with E-state index in [1.165, 1.54) is 19.8 Å². The number of carbonyl (C=O) groups excluding carboxylic acids is 4. The summed E-state index contributed by atoms with van der Waals surface area (Å²) in [5.41, 5.74) is 2.33. The van der Waals surface area contributed by atoms with Crippen molar-refractivity contribution < 1.29 is 38.1 Å². The molecule has 4 atom stereocenters. The maximum Gasteiger partial charge on any atom is 0.306 e. The SMILES string of the molecule is COC(=O)CCC(=O)OCC=C(C)CCC1(C)C(C)CCC2(COC(=O)CCC(=O)OC)C(C)=CCCC21. The number of hydrogen-bond acceptors (Lipinski definition) is 8. The first-order valence-corrected chi connectivity index (χ1v) is 13.8. The van der Waals surface area contributed by atoms with Crippen LogP contribution in [0.25, 0.3) is 0 Å². The van der Waals surface area contributed by atoms with Gasteiger partial charge in [-0.3, -0.25) is 19.2 Å². The van der Waals surface area contributed by atoms with Crippen LogP contribution in [0.4, 0.5) is 0 Å². The number of carbonyl (C=O) groups is 4. The second-order valence-electron chi connectivity index (χ2n) is 11.2. The van der Waals surface area contributed by atoms with Gasteiger partial charge in [0.05, 0.1) is 39.9 Å². The van der Waals surface area contributed by atoms with E-state index in [4.69, 9.17) is 9.47 Å². The zero-order valence-corrected chi connectivity index (χ0v) is 24.1. The van der Waals surface area contributed by atoms with E-state index in [9.17, 15) is 19.2 Å². The fraction of sp³-hybridized carbons (Fsp3) is 0.733. The first-order chi connectivity index (χ1) is 18.0. The van der Waals surface area contributed by atoms with Crippen LogP contribution in [0.15, 0.2) is 23.3 Å². The summed E-state index contributed by atoms with van der Waals surface area (Å²) in [6, 6.07) is 0. The fourth-order valence-electron chi connectivity index (χ4n) is 6.22. The minimum atomic E-state index is -0.427. The normalized spacial score (nSPS) is 27.0. The molecule has 0 aromatic carbocycles. The first-order valence-electron chi connectivity index (χ1n) is 13.8. The molecule has 0 aromatic heterocycles. The van der Waals surface area contributed by atoms with Crippen LogP contribution >= 0.6 is 0 Å². The van der Waals surface area contributed by atoms with Crippen LogP contribution in [0.2, 0.25) is 0 Å². The Morgan fingerprint density at radius 3 is 2.11 bits per heavy atom. The van der Waals surface area contributed by atoms with E-state index in [0.717, 1.165) is 44.1 Å². The molecule has 0 spiro atoms. The molecule has 0 amide bonds. The largest absolute Gasteiger partial charge is 0.469 e. The number of fused-ring (bicyclic) bond motifs is 1. The summed E-state index contributed by atoms with van der Waals surface area (Å²) in [7, 11) is 2.61. The third-order valence-electron chi connectivity index (χ3n) is 9.05. The molecule has 2 rings (SSSR count). The summed E-state index contributed by atoms with van der Waals surface area (Å²) in [6.45, 7) is 9.48. The highest BCUT2D eigenvalue weighted by atomic mass is 16.5. The highest BCUT2D eigenvalue weighted by Gasteiger charge is 2.55. The Morgan fingerprint density at radius 2 is 1.50 bits per heavy atom. The molecule has 1 fully saturated rings. The van der Waals surface area contributed by atoms with Gasteiger partial charge in [0, 0.05) is 5.41 Å². The number of hydrogen-bond donors (Lipinski definition) is 0. The molecular formula is C30H46O8. The van der Waals surface area contributed by atoms with Gasteiger partial charge in [0.15, 0.2) is 0 Å². The Balaban J connectivity index is 2.03. The van der Waals surface area contributed by atoms with E-state index < -0.39 is 17.9 Å². The molecule has 0 N–H and O–H groups in total. The first kappa shape index (κ1) is 31.6. The zero-order chi connectivity index (χ0) is 28.3. The molecule has 1 saturated carbocycles. The van der Waals surface area contributed by atoms with Crippen LogP contribution in [0, 0.1) is 22.7 Å². The molecule has 8 heteroatoms. The van der Waals surface area contributed by atoms with Crippen molar-refractivity contribution in [1.29, 1.82) is 0 Å². The van der Waals surface area contributed by atoms with Crippen molar-refractivity contribution in [2.45, 2.75) is 91.9 Å². The van der Waals surface area contributed by atoms with Gasteiger partial charge in [0.2, 0.25) is 0 Å². The molecule has 4 unspecified atom stereocenters.